The van der Waals surface area contributed by atoms with Crippen molar-refractivity contribution in [3.63, 3.8) is 0 Å². The van der Waals surface area contributed by atoms with Gasteiger partial charge in [-0.2, -0.15) is 0 Å². The van der Waals surface area contributed by atoms with Gasteiger partial charge in [0.05, 0.1) is 11.2 Å². The summed E-state index contributed by atoms with van der Waals surface area (Å²) in [6.45, 7) is 13.8. The summed E-state index contributed by atoms with van der Waals surface area (Å²) in [5.74, 6) is 0.339. The summed E-state index contributed by atoms with van der Waals surface area (Å²) >= 11 is 0. The molecular formula is C15H28BNO4. The molecule has 21 heavy (non-hydrogen) atoms. The van der Waals surface area contributed by atoms with Gasteiger partial charge < -0.3 is 19.4 Å². The first-order chi connectivity index (χ1) is 9.40. The number of ether oxygens (including phenoxy) is 1. The van der Waals surface area contributed by atoms with Crippen LogP contribution in [0.3, 0.4) is 0 Å². The first kappa shape index (κ1) is 16.6. The van der Waals surface area contributed by atoms with Crippen molar-refractivity contribution in [2.45, 2.75) is 90.0 Å². The van der Waals surface area contributed by atoms with Crippen molar-refractivity contribution in [3.05, 3.63) is 0 Å². The van der Waals surface area contributed by atoms with Crippen molar-refractivity contribution in [1.82, 2.24) is 5.32 Å². The highest BCUT2D eigenvalue weighted by Gasteiger charge is 2.56. The van der Waals surface area contributed by atoms with Crippen LogP contribution in [0.15, 0.2) is 0 Å². The van der Waals surface area contributed by atoms with Crippen LogP contribution in [-0.4, -0.2) is 36.1 Å². The maximum atomic E-state index is 11.7. The fourth-order valence-corrected chi connectivity index (χ4v) is 2.56. The second-order valence-corrected chi connectivity index (χ2v) is 8.20. The summed E-state index contributed by atoms with van der Waals surface area (Å²) in [6.07, 6.45) is 1.39. The molecule has 1 aliphatic carbocycles. The van der Waals surface area contributed by atoms with Gasteiger partial charge in [-0.15, -0.1) is 0 Å². The maximum Gasteiger partial charge on any atom is 0.461 e. The fourth-order valence-electron chi connectivity index (χ4n) is 2.56. The molecule has 0 atom stereocenters. The third-order valence-electron chi connectivity index (χ3n) is 4.55. The Morgan fingerprint density at radius 2 is 1.62 bits per heavy atom. The Kier molecular flexibility index (Phi) is 4.09. The number of alkyl carbamates (subject to hydrolysis) is 1. The van der Waals surface area contributed by atoms with Crippen molar-refractivity contribution < 1.29 is 18.8 Å². The summed E-state index contributed by atoms with van der Waals surface area (Å²) in [5, 5.41) is 2.90. The quantitative estimate of drug-likeness (QED) is 0.796. The lowest BCUT2D eigenvalue weighted by Crippen LogP contribution is -2.48. The summed E-state index contributed by atoms with van der Waals surface area (Å²) in [5.41, 5.74) is -1.04. The van der Waals surface area contributed by atoms with Crippen LogP contribution in [0.4, 0.5) is 4.79 Å². The van der Waals surface area contributed by atoms with E-state index in [1.165, 1.54) is 0 Å². The van der Waals surface area contributed by atoms with E-state index in [2.05, 4.69) is 33.0 Å². The normalized spacial score (nSPS) is 30.7. The van der Waals surface area contributed by atoms with Crippen molar-refractivity contribution >= 4 is 13.2 Å². The summed E-state index contributed by atoms with van der Waals surface area (Å²) in [6, 6.07) is 0.156. The smallest absolute Gasteiger partial charge is 0.444 e. The highest BCUT2D eigenvalue weighted by Crippen LogP contribution is 2.46. The van der Waals surface area contributed by atoms with Gasteiger partial charge in [0.15, 0.2) is 0 Å². The van der Waals surface area contributed by atoms with E-state index >= 15 is 0 Å². The van der Waals surface area contributed by atoms with Crippen LogP contribution in [0, 0.1) is 0 Å². The number of carbonyl (C=O) groups excluding carboxylic acids is 1. The van der Waals surface area contributed by atoms with Crippen LogP contribution in [0.2, 0.25) is 5.82 Å². The molecule has 1 N–H and O–H groups in total. The Labute approximate surface area is 128 Å². The zero-order valence-corrected chi connectivity index (χ0v) is 14.3. The molecule has 0 aromatic heterocycles. The highest BCUT2D eigenvalue weighted by molar-refractivity contribution is 6.47. The van der Waals surface area contributed by atoms with Gasteiger partial charge in [-0.3, -0.25) is 0 Å². The van der Waals surface area contributed by atoms with Gasteiger partial charge >= 0.3 is 13.2 Å². The fraction of sp³-hybridized carbons (Fsp3) is 0.933. The molecule has 6 heteroatoms. The van der Waals surface area contributed by atoms with E-state index in [0.29, 0.717) is 5.82 Å². The molecule has 2 fully saturated rings. The van der Waals surface area contributed by atoms with Crippen LogP contribution < -0.4 is 5.32 Å². The van der Waals surface area contributed by atoms with Crippen molar-refractivity contribution in [2.75, 3.05) is 0 Å². The number of hydrogen-bond donors (Lipinski definition) is 1. The predicted molar refractivity (Wildman–Crippen MR) is 82.2 cm³/mol. The molecule has 2 aliphatic rings. The summed E-state index contributed by atoms with van der Waals surface area (Å²) in [4.78, 5) is 11.7. The van der Waals surface area contributed by atoms with Gasteiger partial charge in [-0.05, 0) is 67.1 Å². The molecule has 0 unspecified atom stereocenters. The number of rotatable bonds is 2. The predicted octanol–water partition coefficient (Wildman–Crippen LogP) is 3.14. The molecule has 1 aliphatic heterocycles. The van der Waals surface area contributed by atoms with E-state index in [9.17, 15) is 4.79 Å². The lowest BCUT2D eigenvalue weighted by atomic mass is 9.58. The van der Waals surface area contributed by atoms with Gasteiger partial charge in [0, 0.05) is 6.04 Å². The van der Waals surface area contributed by atoms with Gasteiger partial charge in [0.2, 0.25) is 0 Å². The standard InChI is InChI=1S/C15H28BNO4/c1-13(2,3)19-12(18)17-11-8-10(9-11)16-20-14(4,5)15(6,7)21-16/h10-11H,8-9H2,1-7H3,(H,17,18). The Morgan fingerprint density at radius 1 is 1.14 bits per heavy atom. The molecule has 0 aromatic rings. The van der Waals surface area contributed by atoms with E-state index in [1.54, 1.807) is 0 Å². The maximum absolute atomic E-state index is 11.7. The molecule has 5 nitrogen and oxygen atoms in total. The molecule has 2 rings (SSSR count). The Hall–Kier alpha value is -0.745. The van der Waals surface area contributed by atoms with E-state index < -0.39 is 5.60 Å². The van der Waals surface area contributed by atoms with E-state index in [4.69, 9.17) is 14.0 Å². The van der Waals surface area contributed by atoms with Crippen LogP contribution in [0.1, 0.15) is 61.3 Å². The Balaban J connectivity index is 1.77. The molecule has 0 aromatic carbocycles. The first-order valence-electron chi connectivity index (χ1n) is 7.75. The topological polar surface area (TPSA) is 56.8 Å². The van der Waals surface area contributed by atoms with Gasteiger partial charge in [0.25, 0.3) is 0 Å². The summed E-state index contributed by atoms with van der Waals surface area (Å²) in [7, 11) is -0.174. The lowest BCUT2D eigenvalue weighted by molar-refractivity contribution is 0.00578. The molecule has 0 spiro atoms. The minimum absolute atomic E-state index is 0.156. The Bertz CT molecular complexity index is 394. The largest absolute Gasteiger partial charge is 0.461 e. The van der Waals surface area contributed by atoms with Gasteiger partial charge in [-0.1, -0.05) is 0 Å². The highest BCUT2D eigenvalue weighted by atomic mass is 16.7. The average molecular weight is 297 g/mol. The minimum Gasteiger partial charge on any atom is -0.444 e. The molecule has 1 saturated carbocycles. The van der Waals surface area contributed by atoms with Crippen LogP contribution >= 0.6 is 0 Å². The molecular weight excluding hydrogens is 269 g/mol. The van der Waals surface area contributed by atoms with Crippen LogP contribution in [0.25, 0.3) is 0 Å². The van der Waals surface area contributed by atoms with Crippen LogP contribution in [-0.2, 0) is 14.0 Å². The first-order valence-corrected chi connectivity index (χ1v) is 7.75. The van der Waals surface area contributed by atoms with Crippen molar-refractivity contribution in [1.29, 1.82) is 0 Å². The van der Waals surface area contributed by atoms with E-state index in [-0.39, 0.29) is 30.5 Å². The van der Waals surface area contributed by atoms with Gasteiger partial charge in [-0.25, -0.2) is 4.79 Å². The van der Waals surface area contributed by atoms with Crippen LogP contribution in [0.5, 0.6) is 0 Å². The van der Waals surface area contributed by atoms with E-state index in [0.717, 1.165) is 12.8 Å². The third kappa shape index (κ3) is 3.72. The SMILES string of the molecule is CC(C)(C)OC(=O)NC1CC(B2OC(C)(C)C(C)(C)O2)C1. The molecule has 120 valence electrons. The monoisotopic (exact) mass is 297 g/mol. The minimum atomic E-state index is -0.459. The number of hydrogen-bond acceptors (Lipinski definition) is 4. The second kappa shape index (κ2) is 5.16. The molecule has 1 amide bonds. The number of carbonyl (C=O) groups is 1. The molecule has 0 bridgehead atoms. The number of amides is 1. The van der Waals surface area contributed by atoms with Crippen molar-refractivity contribution in [3.8, 4) is 0 Å². The average Bonchev–Trinajstić information content (AvgIpc) is 2.38. The zero-order chi connectivity index (χ0) is 16.1. The molecule has 1 saturated heterocycles. The second-order valence-electron chi connectivity index (χ2n) is 8.20. The lowest BCUT2D eigenvalue weighted by Gasteiger charge is -2.37. The third-order valence-corrected chi connectivity index (χ3v) is 4.55. The zero-order valence-electron chi connectivity index (χ0n) is 14.3. The van der Waals surface area contributed by atoms with E-state index in [1.807, 2.05) is 20.8 Å². The van der Waals surface area contributed by atoms with Crippen molar-refractivity contribution in [2.24, 2.45) is 0 Å². The summed E-state index contributed by atoms with van der Waals surface area (Å²) < 4.78 is 17.3. The molecule has 0 radical (unpaired) electrons. The Morgan fingerprint density at radius 3 is 2.05 bits per heavy atom. The molecule has 1 heterocycles. The van der Waals surface area contributed by atoms with Gasteiger partial charge in [0.1, 0.15) is 5.60 Å². The number of nitrogens with one attached hydrogen (secondary N) is 1.